The maximum atomic E-state index is 2.28. The van der Waals surface area contributed by atoms with Crippen LogP contribution in [0.15, 0.2) is 36.5 Å². The maximum Gasteiger partial charge on any atom is 0.226 e. The van der Waals surface area contributed by atoms with Crippen molar-refractivity contribution in [3.63, 3.8) is 0 Å². The summed E-state index contributed by atoms with van der Waals surface area (Å²) in [5.41, 5.74) is 2.64. The molecule has 0 aliphatic rings. The molecule has 1 aromatic carbocycles. The minimum absolute atomic E-state index is 1.19. The number of aryl methyl sites for hydroxylation is 1. The van der Waals surface area contributed by atoms with Gasteiger partial charge < -0.3 is 0 Å². The molecule has 1 nitrogen and oxygen atoms in total. The second kappa shape index (κ2) is 5.35. The van der Waals surface area contributed by atoms with Gasteiger partial charge in [0.15, 0.2) is 18.1 Å². The largest absolute Gasteiger partial charge is 0.226 e. The molecule has 0 unspecified atom stereocenters. The van der Waals surface area contributed by atoms with Crippen molar-refractivity contribution in [3.05, 3.63) is 42.1 Å². The van der Waals surface area contributed by atoms with E-state index in [9.17, 15) is 0 Å². The summed E-state index contributed by atoms with van der Waals surface area (Å²) in [5, 5.41) is 1.33. The summed E-state index contributed by atoms with van der Waals surface area (Å²) < 4.78 is 2.28. The monoisotopic (exact) mass is 232 g/mol. The average molecular weight is 232 g/mol. The second-order valence-electron chi connectivity index (χ2n) is 4.08. The maximum absolute atomic E-state index is 2.28. The molecule has 0 N–H and O–H groups in total. The molecule has 2 rings (SSSR count). The van der Waals surface area contributed by atoms with Crippen LogP contribution in [0.5, 0.6) is 0 Å². The Bertz CT molecular complexity index is 479. The summed E-state index contributed by atoms with van der Waals surface area (Å²) in [5.74, 6) is 1.19. The lowest BCUT2D eigenvalue weighted by atomic mass is 10.1. The molecule has 0 amide bonds. The first-order valence-corrected chi connectivity index (χ1v) is 6.80. The van der Waals surface area contributed by atoms with Gasteiger partial charge in [0.1, 0.15) is 0 Å². The van der Waals surface area contributed by atoms with E-state index in [1.54, 1.807) is 0 Å². The highest BCUT2D eigenvalue weighted by Gasteiger charge is 2.09. The number of fused-ring (bicyclic) bond motifs is 1. The van der Waals surface area contributed by atoms with Gasteiger partial charge in [-0.05, 0) is 25.5 Å². The molecule has 0 aliphatic heterocycles. The third-order valence-corrected chi connectivity index (χ3v) is 3.71. The van der Waals surface area contributed by atoms with E-state index in [2.05, 4.69) is 54.3 Å². The van der Waals surface area contributed by atoms with Crippen LogP contribution >= 0.6 is 11.9 Å². The third-order valence-electron chi connectivity index (χ3n) is 2.65. The molecule has 0 spiro atoms. The summed E-state index contributed by atoms with van der Waals surface area (Å²) in [6.07, 6.45) is 4.69. The first kappa shape index (κ1) is 11.5. The van der Waals surface area contributed by atoms with Crippen LogP contribution in [0, 0.1) is 6.92 Å². The third kappa shape index (κ3) is 2.56. The van der Waals surface area contributed by atoms with Gasteiger partial charge in [0.05, 0.1) is 5.75 Å². The van der Waals surface area contributed by atoms with E-state index in [0.717, 1.165) is 0 Å². The van der Waals surface area contributed by atoms with Crippen LogP contribution in [-0.4, -0.2) is 5.75 Å². The van der Waals surface area contributed by atoms with Crippen molar-refractivity contribution in [2.24, 2.45) is 0 Å². The lowest BCUT2D eigenvalue weighted by Crippen LogP contribution is -2.25. The summed E-state index contributed by atoms with van der Waals surface area (Å²) in [7, 11) is 0. The van der Waals surface area contributed by atoms with E-state index in [1.807, 2.05) is 11.9 Å². The van der Waals surface area contributed by atoms with Crippen LogP contribution in [0.2, 0.25) is 0 Å². The summed E-state index contributed by atoms with van der Waals surface area (Å²) >= 11 is 1.90. The number of nitrogens with zero attached hydrogens (tertiary/aromatic N) is 1. The normalized spacial score (nSPS) is 10.9. The van der Waals surface area contributed by atoms with Gasteiger partial charge in [-0.15, -0.1) is 3.97 Å². The highest BCUT2D eigenvalue weighted by Crippen LogP contribution is 2.14. The number of benzene rings is 1. The van der Waals surface area contributed by atoms with E-state index in [1.165, 1.54) is 35.1 Å². The summed E-state index contributed by atoms with van der Waals surface area (Å²) in [6.45, 7) is 4.37. The number of rotatable bonds is 4. The average Bonchev–Trinajstić information content (AvgIpc) is 2.29. The zero-order chi connectivity index (χ0) is 11.4. The number of hydrogen-bond donors (Lipinski definition) is 0. The Morgan fingerprint density at radius 2 is 2.12 bits per heavy atom. The second-order valence-corrected chi connectivity index (χ2v) is 5.14. The quantitative estimate of drug-likeness (QED) is 0.574. The van der Waals surface area contributed by atoms with Gasteiger partial charge in [0, 0.05) is 17.5 Å². The van der Waals surface area contributed by atoms with Crippen molar-refractivity contribution in [3.8, 4) is 0 Å². The number of pyridine rings is 1. The Kier molecular flexibility index (Phi) is 3.83. The van der Waals surface area contributed by atoms with Gasteiger partial charge in [-0.3, -0.25) is 0 Å². The highest BCUT2D eigenvalue weighted by molar-refractivity contribution is 7.92. The minimum atomic E-state index is 1.19. The molecule has 1 heterocycles. The van der Waals surface area contributed by atoms with E-state index in [-0.39, 0.29) is 0 Å². The van der Waals surface area contributed by atoms with Crippen molar-refractivity contribution in [2.75, 3.05) is 5.75 Å². The molecule has 16 heavy (non-hydrogen) atoms. The molecule has 2 heteroatoms. The highest BCUT2D eigenvalue weighted by atomic mass is 32.2. The lowest BCUT2D eigenvalue weighted by molar-refractivity contribution is -0.463. The number of unbranched alkanes of at least 4 members (excludes halogenated alkanes) is 1. The van der Waals surface area contributed by atoms with E-state index in [4.69, 9.17) is 0 Å². The van der Waals surface area contributed by atoms with Gasteiger partial charge in [-0.1, -0.05) is 25.0 Å². The van der Waals surface area contributed by atoms with Crippen molar-refractivity contribution in [1.29, 1.82) is 0 Å². The molecule has 2 aromatic rings. The molecule has 0 atom stereocenters. The fourth-order valence-electron chi connectivity index (χ4n) is 1.73. The predicted molar refractivity (Wildman–Crippen MR) is 71.6 cm³/mol. The Balaban J connectivity index is 2.30. The molecule has 0 bridgehead atoms. The number of hydrogen-bond acceptors (Lipinski definition) is 1. The molecule has 0 aliphatic carbocycles. The molecule has 0 radical (unpaired) electrons. The van der Waals surface area contributed by atoms with Crippen molar-refractivity contribution in [2.45, 2.75) is 26.7 Å². The van der Waals surface area contributed by atoms with Crippen molar-refractivity contribution >= 4 is 22.9 Å². The van der Waals surface area contributed by atoms with Gasteiger partial charge in [0.2, 0.25) is 5.52 Å². The minimum Gasteiger partial charge on any atom is -0.126 e. The first-order chi connectivity index (χ1) is 7.81. The smallest absolute Gasteiger partial charge is 0.126 e. The van der Waals surface area contributed by atoms with Gasteiger partial charge in [-0.25, -0.2) is 0 Å². The zero-order valence-corrected chi connectivity index (χ0v) is 10.8. The number of aromatic nitrogens is 1. The lowest BCUT2D eigenvalue weighted by Gasteiger charge is -1.99. The van der Waals surface area contributed by atoms with E-state index >= 15 is 0 Å². The van der Waals surface area contributed by atoms with Gasteiger partial charge in [0.25, 0.3) is 0 Å². The topological polar surface area (TPSA) is 3.88 Å². The van der Waals surface area contributed by atoms with Gasteiger partial charge in [-0.2, -0.15) is 0 Å². The fraction of sp³-hybridized carbons (Fsp3) is 0.357. The SMILES string of the molecule is CCCCS[n+]1cccc2cc(C)ccc21. The van der Waals surface area contributed by atoms with Crippen LogP contribution in [0.4, 0.5) is 0 Å². The predicted octanol–water partition coefficient (Wildman–Crippen LogP) is 3.73. The Morgan fingerprint density at radius 1 is 1.25 bits per heavy atom. The van der Waals surface area contributed by atoms with Crippen LogP contribution in [0.1, 0.15) is 25.3 Å². The van der Waals surface area contributed by atoms with Crippen LogP contribution in [0.3, 0.4) is 0 Å². The summed E-state index contributed by atoms with van der Waals surface area (Å²) in [6, 6.07) is 10.9. The fourth-order valence-corrected chi connectivity index (χ4v) is 2.81. The molecular formula is C14H18NS+. The van der Waals surface area contributed by atoms with E-state index < -0.39 is 0 Å². The molecule has 1 aromatic heterocycles. The first-order valence-electron chi connectivity index (χ1n) is 5.85. The standard InChI is InChI=1S/C14H18NS/c1-3-4-10-16-15-9-5-6-13-11-12(2)7-8-14(13)15/h5-9,11H,3-4,10H2,1-2H3/q+1. The van der Waals surface area contributed by atoms with Crippen molar-refractivity contribution < 1.29 is 3.97 Å². The van der Waals surface area contributed by atoms with Crippen LogP contribution < -0.4 is 3.97 Å². The van der Waals surface area contributed by atoms with Crippen molar-refractivity contribution in [1.82, 2.24) is 0 Å². The van der Waals surface area contributed by atoms with Crippen LogP contribution in [0.25, 0.3) is 10.9 Å². The van der Waals surface area contributed by atoms with E-state index in [0.29, 0.717) is 0 Å². The summed E-state index contributed by atoms with van der Waals surface area (Å²) in [4.78, 5) is 0. The molecule has 0 saturated carbocycles. The Labute approximate surface area is 102 Å². The van der Waals surface area contributed by atoms with Crippen LogP contribution in [-0.2, 0) is 0 Å². The molecule has 84 valence electrons. The Morgan fingerprint density at radius 3 is 2.94 bits per heavy atom. The molecular weight excluding hydrogens is 214 g/mol. The molecule has 0 saturated heterocycles. The van der Waals surface area contributed by atoms with Gasteiger partial charge >= 0.3 is 0 Å². The molecule has 0 fully saturated rings. The zero-order valence-electron chi connectivity index (χ0n) is 9.94. The Hall–Kier alpha value is -1.02.